The highest BCUT2D eigenvalue weighted by Crippen LogP contribution is 2.16. The van der Waals surface area contributed by atoms with Crippen LogP contribution >= 0.6 is 0 Å². The molecule has 0 atom stereocenters. The van der Waals surface area contributed by atoms with Crippen LogP contribution in [0.15, 0.2) is 71.5 Å². The van der Waals surface area contributed by atoms with Gasteiger partial charge in [0.1, 0.15) is 17.5 Å². The van der Waals surface area contributed by atoms with Gasteiger partial charge in [-0.2, -0.15) is 0 Å². The summed E-state index contributed by atoms with van der Waals surface area (Å²) in [5.41, 5.74) is 1.25. The van der Waals surface area contributed by atoms with Crippen LogP contribution in [0.25, 0.3) is 16.6 Å². The monoisotopic (exact) mass is 391 g/mol. The second kappa shape index (κ2) is 7.27. The molecule has 1 aromatic heterocycles. The van der Waals surface area contributed by atoms with E-state index in [1.807, 2.05) is 6.07 Å². The van der Waals surface area contributed by atoms with Gasteiger partial charge in [0.05, 0.1) is 16.6 Å². The summed E-state index contributed by atoms with van der Waals surface area (Å²) in [4.78, 5) is 29.7. The Morgan fingerprint density at radius 3 is 2.31 bits per heavy atom. The summed E-state index contributed by atoms with van der Waals surface area (Å²) in [6, 6.07) is 16.1. The van der Waals surface area contributed by atoms with Crippen LogP contribution in [0.1, 0.15) is 16.2 Å². The third-order valence-electron chi connectivity index (χ3n) is 4.45. The van der Waals surface area contributed by atoms with Crippen LogP contribution < -0.4 is 10.9 Å². The molecule has 0 saturated heterocycles. The smallest absolute Gasteiger partial charge is 0.265 e. The maximum Gasteiger partial charge on any atom is 0.265 e. The molecule has 3 aromatic carbocycles. The summed E-state index contributed by atoms with van der Waals surface area (Å²) in [6.07, 6.45) is 0. The number of rotatable bonds is 3. The van der Waals surface area contributed by atoms with Gasteiger partial charge < -0.3 is 5.32 Å². The molecule has 0 fully saturated rings. The van der Waals surface area contributed by atoms with Crippen molar-refractivity contribution >= 4 is 22.5 Å². The van der Waals surface area contributed by atoms with Crippen molar-refractivity contribution < 1.29 is 13.6 Å². The average molecular weight is 391 g/mol. The second-order valence-corrected chi connectivity index (χ2v) is 6.48. The number of hydrogen-bond acceptors (Lipinski definition) is 3. The van der Waals surface area contributed by atoms with Gasteiger partial charge in [0.15, 0.2) is 0 Å². The fraction of sp³-hybridized carbons (Fsp3) is 0.0455. The second-order valence-electron chi connectivity index (χ2n) is 6.48. The number of halogens is 2. The highest BCUT2D eigenvalue weighted by Gasteiger charge is 2.12. The molecule has 4 rings (SSSR count). The Morgan fingerprint density at radius 2 is 1.62 bits per heavy atom. The van der Waals surface area contributed by atoms with E-state index in [2.05, 4.69) is 10.3 Å². The standard InChI is InChI=1S/C22H15F2N3O2/c1-13-25-20-5-3-2-4-19(20)22(29)27(13)18-8-6-14(7-9-18)21(28)26-17-11-15(23)10-16(24)12-17/h2-12H,1H3,(H,26,28). The first-order valence-corrected chi connectivity index (χ1v) is 8.79. The SMILES string of the molecule is Cc1nc2ccccc2c(=O)n1-c1ccc(C(=O)Nc2cc(F)cc(F)c2)cc1. The molecule has 0 saturated carbocycles. The highest BCUT2D eigenvalue weighted by atomic mass is 19.1. The van der Waals surface area contributed by atoms with Crippen molar-refractivity contribution in [2.45, 2.75) is 6.92 Å². The molecule has 4 aromatic rings. The van der Waals surface area contributed by atoms with Crippen LogP contribution in [0.3, 0.4) is 0 Å². The van der Waals surface area contributed by atoms with Crippen molar-refractivity contribution in [1.29, 1.82) is 0 Å². The van der Waals surface area contributed by atoms with Crippen LogP contribution in [-0.4, -0.2) is 15.5 Å². The largest absolute Gasteiger partial charge is 0.322 e. The maximum absolute atomic E-state index is 13.3. The lowest BCUT2D eigenvalue weighted by atomic mass is 10.1. The fourth-order valence-electron chi connectivity index (χ4n) is 3.14. The van der Waals surface area contributed by atoms with Crippen LogP contribution in [-0.2, 0) is 0 Å². The van der Waals surface area contributed by atoms with E-state index < -0.39 is 17.5 Å². The lowest BCUT2D eigenvalue weighted by Crippen LogP contribution is -2.22. The summed E-state index contributed by atoms with van der Waals surface area (Å²) < 4.78 is 28.0. The Kier molecular flexibility index (Phi) is 4.64. The number of amides is 1. The molecule has 1 amide bonds. The lowest BCUT2D eigenvalue weighted by Gasteiger charge is -2.11. The molecule has 0 radical (unpaired) electrons. The number of fused-ring (bicyclic) bond motifs is 1. The van der Waals surface area contributed by atoms with Gasteiger partial charge in [-0.05, 0) is 55.5 Å². The molecular formula is C22H15F2N3O2. The lowest BCUT2D eigenvalue weighted by molar-refractivity contribution is 0.102. The number of aryl methyl sites for hydroxylation is 1. The highest BCUT2D eigenvalue weighted by molar-refractivity contribution is 6.04. The van der Waals surface area contributed by atoms with Gasteiger partial charge in [-0.3, -0.25) is 14.2 Å². The summed E-state index contributed by atoms with van der Waals surface area (Å²) in [7, 11) is 0. The molecule has 0 spiro atoms. The molecule has 29 heavy (non-hydrogen) atoms. The van der Waals surface area contributed by atoms with Gasteiger partial charge in [-0.25, -0.2) is 13.8 Å². The molecule has 1 heterocycles. The van der Waals surface area contributed by atoms with Crippen LogP contribution in [0.2, 0.25) is 0 Å². The number of hydrogen-bond donors (Lipinski definition) is 1. The molecule has 7 heteroatoms. The Bertz CT molecular complexity index is 1280. The van der Waals surface area contributed by atoms with Gasteiger partial charge in [0.2, 0.25) is 0 Å². The van der Waals surface area contributed by atoms with Gasteiger partial charge in [-0.1, -0.05) is 12.1 Å². The zero-order chi connectivity index (χ0) is 20.5. The van der Waals surface area contributed by atoms with E-state index in [1.165, 1.54) is 16.7 Å². The maximum atomic E-state index is 13.3. The summed E-state index contributed by atoms with van der Waals surface area (Å²) >= 11 is 0. The number of carbonyl (C=O) groups excluding carboxylic acids is 1. The molecule has 5 nitrogen and oxygen atoms in total. The van der Waals surface area contributed by atoms with Crippen molar-refractivity contribution in [2.75, 3.05) is 5.32 Å². The molecule has 144 valence electrons. The van der Waals surface area contributed by atoms with E-state index in [0.717, 1.165) is 18.2 Å². The summed E-state index contributed by atoms with van der Waals surface area (Å²) in [5.74, 6) is -1.58. The third kappa shape index (κ3) is 3.62. The minimum absolute atomic E-state index is 0.0161. The molecule has 0 unspecified atom stereocenters. The Hall–Kier alpha value is -3.87. The number of para-hydroxylation sites is 1. The predicted molar refractivity (Wildman–Crippen MR) is 106 cm³/mol. The number of nitrogens with zero attached hydrogens (tertiary/aromatic N) is 2. The molecular weight excluding hydrogens is 376 g/mol. The van der Waals surface area contributed by atoms with Crippen LogP contribution in [0.5, 0.6) is 0 Å². The van der Waals surface area contributed by atoms with E-state index in [1.54, 1.807) is 37.3 Å². The van der Waals surface area contributed by atoms with Crippen LogP contribution in [0.4, 0.5) is 14.5 Å². The minimum Gasteiger partial charge on any atom is -0.322 e. The van der Waals surface area contributed by atoms with Crippen molar-refractivity contribution in [3.05, 3.63) is 100 Å². The fourth-order valence-corrected chi connectivity index (χ4v) is 3.14. The van der Waals surface area contributed by atoms with Gasteiger partial charge in [-0.15, -0.1) is 0 Å². The van der Waals surface area contributed by atoms with E-state index in [4.69, 9.17) is 0 Å². The quantitative estimate of drug-likeness (QED) is 0.569. The van der Waals surface area contributed by atoms with Crippen LogP contribution in [0, 0.1) is 18.6 Å². The van der Waals surface area contributed by atoms with Crippen molar-refractivity contribution in [3.63, 3.8) is 0 Å². The molecule has 0 bridgehead atoms. The van der Waals surface area contributed by atoms with E-state index in [0.29, 0.717) is 22.4 Å². The van der Waals surface area contributed by atoms with Crippen molar-refractivity contribution in [2.24, 2.45) is 0 Å². The predicted octanol–water partition coefficient (Wildman–Crippen LogP) is 4.22. The number of aromatic nitrogens is 2. The normalized spacial score (nSPS) is 10.9. The Labute approximate surface area is 164 Å². The van der Waals surface area contributed by atoms with Crippen molar-refractivity contribution in [3.8, 4) is 5.69 Å². The first-order valence-electron chi connectivity index (χ1n) is 8.79. The summed E-state index contributed by atoms with van der Waals surface area (Å²) in [6.45, 7) is 1.73. The number of anilines is 1. The first-order chi connectivity index (χ1) is 13.9. The molecule has 1 N–H and O–H groups in total. The number of nitrogens with one attached hydrogen (secondary N) is 1. The molecule has 0 aliphatic carbocycles. The average Bonchev–Trinajstić information content (AvgIpc) is 2.67. The minimum atomic E-state index is -0.783. The van der Waals surface area contributed by atoms with E-state index in [9.17, 15) is 18.4 Å². The first kappa shape index (κ1) is 18.5. The van der Waals surface area contributed by atoms with Gasteiger partial charge >= 0.3 is 0 Å². The Balaban J connectivity index is 1.65. The number of benzene rings is 3. The third-order valence-corrected chi connectivity index (χ3v) is 4.45. The van der Waals surface area contributed by atoms with Gasteiger partial charge in [0.25, 0.3) is 11.5 Å². The zero-order valence-electron chi connectivity index (χ0n) is 15.3. The summed E-state index contributed by atoms with van der Waals surface area (Å²) in [5, 5.41) is 2.94. The van der Waals surface area contributed by atoms with Crippen molar-refractivity contribution in [1.82, 2.24) is 9.55 Å². The molecule has 0 aliphatic heterocycles. The zero-order valence-corrected chi connectivity index (χ0v) is 15.3. The van der Waals surface area contributed by atoms with Gasteiger partial charge in [0, 0.05) is 17.3 Å². The Morgan fingerprint density at radius 1 is 0.966 bits per heavy atom. The number of carbonyl (C=O) groups is 1. The van der Waals surface area contributed by atoms with E-state index >= 15 is 0 Å². The topological polar surface area (TPSA) is 64.0 Å². The van der Waals surface area contributed by atoms with E-state index in [-0.39, 0.29) is 16.8 Å². The molecule has 0 aliphatic rings.